The predicted molar refractivity (Wildman–Crippen MR) is 70.3 cm³/mol. The van der Waals surface area contributed by atoms with Crippen LogP contribution in [0.5, 0.6) is 0 Å². The highest BCUT2D eigenvalue weighted by Gasteiger charge is 2.23. The fourth-order valence-corrected chi connectivity index (χ4v) is 1.65. The Hall–Kier alpha value is -0.410. The molecule has 0 amide bonds. The molecule has 0 fully saturated rings. The van der Waals surface area contributed by atoms with E-state index < -0.39 is 0 Å². The third kappa shape index (κ3) is 7.50. The first-order chi connectivity index (χ1) is 7.89. The smallest absolute Gasteiger partial charge is 0.119 e. The zero-order valence-corrected chi connectivity index (χ0v) is 12.0. The highest BCUT2D eigenvalue weighted by molar-refractivity contribution is 5.48. The summed E-state index contributed by atoms with van der Waals surface area (Å²) in [6.45, 7) is 9.09. The van der Waals surface area contributed by atoms with Gasteiger partial charge in [0.25, 0.3) is 0 Å². The van der Waals surface area contributed by atoms with Crippen LogP contribution < -0.4 is 0 Å². The molecule has 0 saturated heterocycles. The van der Waals surface area contributed by atoms with E-state index in [0.717, 1.165) is 32.0 Å². The van der Waals surface area contributed by atoms with Crippen molar-refractivity contribution in [2.75, 3.05) is 13.7 Å². The molecule has 1 atom stereocenters. The molecule has 0 aromatic heterocycles. The molecule has 0 aromatic carbocycles. The van der Waals surface area contributed by atoms with Crippen LogP contribution in [0.3, 0.4) is 0 Å². The van der Waals surface area contributed by atoms with E-state index in [1.165, 1.54) is 0 Å². The van der Waals surface area contributed by atoms with Crippen LogP contribution in [0.2, 0.25) is 0 Å². The fraction of sp³-hybridized carbons (Fsp3) is 0.929. The molecule has 0 heterocycles. The first kappa shape index (κ1) is 16.6. The Morgan fingerprint density at radius 2 is 1.82 bits per heavy atom. The van der Waals surface area contributed by atoms with E-state index in [1.807, 2.05) is 0 Å². The molecule has 0 aliphatic heterocycles. The summed E-state index contributed by atoms with van der Waals surface area (Å²) in [5.74, 6) is 0. The van der Waals surface area contributed by atoms with Crippen molar-refractivity contribution in [1.82, 2.24) is 0 Å². The number of hydrogen-bond donors (Lipinski definition) is 0. The Morgan fingerprint density at radius 3 is 2.29 bits per heavy atom. The van der Waals surface area contributed by atoms with Gasteiger partial charge in [0.2, 0.25) is 0 Å². The monoisotopic (exact) mass is 244 g/mol. The average Bonchev–Trinajstić information content (AvgIpc) is 2.28. The van der Waals surface area contributed by atoms with E-state index in [-0.39, 0.29) is 11.2 Å². The molecular formula is C14H28O3. The summed E-state index contributed by atoms with van der Waals surface area (Å²) < 4.78 is 11.4. The van der Waals surface area contributed by atoms with Crippen LogP contribution in [0.4, 0.5) is 0 Å². The molecule has 0 bridgehead atoms. The fourth-order valence-electron chi connectivity index (χ4n) is 1.65. The molecule has 1 unspecified atom stereocenters. The van der Waals surface area contributed by atoms with Crippen molar-refractivity contribution < 1.29 is 14.3 Å². The van der Waals surface area contributed by atoms with Crippen LogP contribution in [0.15, 0.2) is 0 Å². The van der Waals surface area contributed by atoms with Crippen LogP contribution in [-0.4, -0.2) is 31.2 Å². The summed E-state index contributed by atoms with van der Waals surface area (Å²) in [6, 6.07) is 0. The van der Waals surface area contributed by atoms with Crippen molar-refractivity contribution in [2.24, 2.45) is 0 Å². The van der Waals surface area contributed by atoms with Gasteiger partial charge in [-0.15, -0.1) is 0 Å². The van der Waals surface area contributed by atoms with Crippen molar-refractivity contribution >= 4 is 6.29 Å². The maximum atomic E-state index is 10.3. The summed E-state index contributed by atoms with van der Waals surface area (Å²) in [6.07, 6.45) is 5.29. The third-order valence-electron chi connectivity index (χ3n) is 3.47. The lowest BCUT2D eigenvalue weighted by Crippen LogP contribution is -2.31. The molecule has 0 aliphatic carbocycles. The zero-order chi connectivity index (χ0) is 13.4. The number of aldehydes is 1. The van der Waals surface area contributed by atoms with E-state index in [1.54, 1.807) is 7.11 Å². The first-order valence-corrected chi connectivity index (χ1v) is 6.52. The molecule has 3 heteroatoms. The molecule has 3 nitrogen and oxygen atoms in total. The maximum absolute atomic E-state index is 10.3. The number of carbonyl (C=O) groups is 1. The number of hydrogen-bond acceptors (Lipinski definition) is 3. The summed E-state index contributed by atoms with van der Waals surface area (Å²) in [5, 5.41) is 0. The van der Waals surface area contributed by atoms with Crippen LogP contribution in [-0.2, 0) is 14.3 Å². The second-order valence-corrected chi connectivity index (χ2v) is 5.42. The molecule has 0 rings (SSSR count). The van der Waals surface area contributed by atoms with Gasteiger partial charge < -0.3 is 14.3 Å². The number of methoxy groups -OCH3 is 1. The van der Waals surface area contributed by atoms with Gasteiger partial charge in [0, 0.05) is 13.5 Å². The largest absolute Gasteiger partial charge is 0.378 e. The maximum Gasteiger partial charge on any atom is 0.119 e. The first-order valence-electron chi connectivity index (χ1n) is 6.52. The summed E-state index contributed by atoms with van der Waals surface area (Å²) >= 11 is 0. The minimum Gasteiger partial charge on any atom is -0.378 e. The summed E-state index contributed by atoms with van der Waals surface area (Å²) in [7, 11) is 1.75. The van der Waals surface area contributed by atoms with Gasteiger partial charge >= 0.3 is 0 Å². The highest BCUT2D eigenvalue weighted by Crippen LogP contribution is 2.22. The van der Waals surface area contributed by atoms with Gasteiger partial charge in [0.1, 0.15) is 6.29 Å². The number of unbranched alkanes of at least 4 members (excludes halogenated alkanes) is 1. The van der Waals surface area contributed by atoms with E-state index in [9.17, 15) is 4.79 Å². The molecule has 0 aliphatic rings. The van der Waals surface area contributed by atoms with Crippen molar-refractivity contribution in [2.45, 2.75) is 71.0 Å². The summed E-state index contributed by atoms with van der Waals surface area (Å²) in [4.78, 5) is 10.3. The molecule has 0 radical (unpaired) electrons. The molecular weight excluding hydrogens is 216 g/mol. The van der Waals surface area contributed by atoms with Gasteiger partial charge in [0.05, 0.1) is 17.8 Å². The van der Waals surface area contributed by atoms with Crippen LogP contribution in [0.25, 0.3) is 0 Å². The lowest BCUT2D eigenvalue weighted by Gasteiger charge is -2.30. The van der Waals surface area contributed by atoms with Crippen molar-refractivity contribution in [3.8, 4) is 0 Å². The summed E-state index contributed by atoms with van der Waals surface area (Å²) in [5.41, 5.74) is -0.232. The van der Waals surface area contributed by atoms with Crippen LogP contribution in [0, 0.1) is 0 Å². The lowest BCUT2D eigenvalue weighted by atomic mass is 9.98. The van der Waals surface area contributed by atoms with Gasteiger partial charge in [-0.2, -0.15) is 0 Å². The van der Waals surface area contributed by atoms with Crippen molar-refractivity contribution in [1.29, 1.82) is 0 Å². The van der Waals surface area contributed by atoms with E-state index >= 15 is 0 Å². The standard InChI is InChI=1S/C14H28O3/c1-6-14(4,16-5)10-12-17-13(2,3)9-7-8-11-15/h11H,6-10,12H2,1-5H3. The second-order valence-electron chi connectivity index (χ2n) is 5.42. The third-order valence-corrected chi connectivity index (χ3v) is 3.47. The Bertz CT molecular complexity index is 208. The minimum atomic E-state index is -0.147. The normalized spacial score (nSPS) is 15.6. The van der Waals surface area contributed by atoms with Crippen LogP contribution in [0.1, 0.15) is 59.8 Å². The Labute approximate surface area is 106 Å². The predicted octanol–water partition coefficient (Wildman–Crippen LogP) is 3.36. The number of carbonyl (C=O) groups excluding carboxylic acids is 1. The zero-order valence-electron chi connectivity index (χ0n) is 12.0. The molecule has 0 aromatic rings. The number of rotatable bonds is 10. The van der Waals surface area contributed by atoms with Gasteiger partial charge in [-0.1, -0.05) is 6.92 Å². The van der Waals surface area contributed by atoms with Crippen LogP contribution >= 0.6 is 0 Å². The Balaban J connectivity index is 3.88. The minimum absolute atomic E-state index is 0.0844. The van der Waals surface area contributed by atoms with E-state index in [2.05, 4.69) is 27.7 Å². The van der Waals surface area contributed by atoms with Crippen molar-refractivity contribution in [3.05, 3.63) is 0 Å². The topological polar surface area (TPSA) is 35.5 Å². The molecule has 17 heavy (non-hydrogen) atoms. The Kier molecular flexibility index (Phi) is 7.64. The van der Waals surface area contributed by atoms with Crippen molar-refractivity contribution in [3.63, 3.8) is 0 Å². The average molecular weight is 244 g/mol. The molecule has 0 saturated carbocycles. The Morgan fingerprint density at radius 1 is 1.18 bits per heavy atom. The van der Waals surface area contributed by atoms with E-state index in [0.29, 0.717) is 13.0 Å². The van der Waals surface area contributed by atoms with Gasteiger partial charge in [-0.3, -0.25) is 0 Å². The highest BCUT2D eigenvalue weighted by atomic mass is 16.5. The van der Waals surface area contributed by atoms with Gasteiger partial charge in [-0.25, -0.2) is 0 Å². The molecule has 102 valence electrons. The van der Waals surface area contributed by atoms with Gasteiger partial charge in [-0.05, 0) is 46.5 Å². The molecule has 0 N–H and O–H groups in total. The quantitative estimate of drug-likeness (QED) is 0.436. The molecule has 0 spiro atoms. The van der Waals surface area contributed by atoms with E-state index in [4.69, 9.17) is 9.47 Å². The number of ether oxygens (including phenoxy) is 2. The second kappa shape index (κ2) is 7.83. The SMILES string of the molecule is CCC(C)(CCOC(C)(C)CCCC=O)OC. The lowest BCUT2D eigenvalue weighted by molar-refractivity contribution is -0.108. The van der Waals surface area contributed by atoms with Gasteiger partial charge in [0.15, 0.2) is 0 Å².